The van der Waals surface area contributed by atoms with E-state index in [-0.39, 0.29) is 18.5 Å². The molecule has 0 saturated carbocycles. The van der Waals surface area contributed by atoms with E-state index >= 15 is 0 Å². The minimum atomic E-state index is -3.36. The molecule has 0 spiro atoms. The fraction of sp³-hybridized carbons (Fsp3) is 0.600. The van der Waals surface area contributed by atoms with Crippen molar-refractivity contribution in [2.24, 2.45) is 0 Å². The summed E-state index contributed by atoms with van der Waals surface area (Å²) in [5.41, 5.74) is 1.04. The third kappa shape index (κ3) is 5.23. The van der Waals surface area contributed by atoms with Crippen molar-refractivity contribution in [2.45, 2.75) is 19.4 Å². The van der Waals surface area contributed by atoms with Crippen LogP contribution in [0, 0.1) is 5.82 Å². The second kappa shape index (κ2) is 7.39. The maximum atomic E-state index is 12.9. The molecule has 22 heavy (non-hydrogen) atoms. The lowest BCUT2D eigenvalue weighted by Crippen LogP contribution is -2.49. The standard InChI is InChI=1S/C15H23FN2O3S/c1-13(7-12-21-22(2,19)20)17-8-10-18(11-9-17)15-5-3-14(16)4-6-15/h3-6,13H,7-12H2,1-2H3. The van der Waals surface area contributed by atoms with Crippen LogP contribution in [0.2, 0.25) is 0 Å². The van der Waals surface area contributed by atoms with Gasteiger partial charge in [0.25, 0.3) is 10.1 Å². The summed E-state index contributed by atoms with van der Waals surface area (Å²) in [6, 6.07) is 6.83. The molecule has 1 fully saturated rings. The zero-order valence-electron chi connectivity index (χ0n) is 13.0. The number of hydrogen-bond donors (Lipinski definition) is 0. The van der Waals surface area contributed by atoms with Crippen molar-refractivity contribution in [3.63, 3.8) is 0 Å². The first kappa shape index (κ1) is 17.2. The number of hydrogen-bond acceptors (Lipinski definition) is 5. The van der Waals surface area contributed by atoms with Crippen LogP contribution in [0.1, 0.15) is 13.3 Å². The lowest BCUT2D eigenvalue weighted by molar-refractivity contribution is 0.168. The van der Waals surface area contributed by atoms with Gasteiger partial charge in [-0.2, -0.15) is 8.42 Å². The topological polar surface area (TPSA) is 49.9 Å². The Kier molecular flexibility index (Phi) is 5.77. The Morgan fingerprint density at radius 1 is 1.18 bits per heavy atom. The van der Waals surface area contributed by atoms with Gasteiger partial charge in [0.1, 0.15) is 5.82 Å². The van der Waals surface area contributed by atoms with E-state index in [0.29, 0.717) is 6.42 Å². The zero-order chi connectivity index (χ0) is 16.2. The first-order valence-electron chi connectivity index (χ1n) is 7.44. The van der Waals surface area contributed by atoms with Crippen molar-refractivity contribution in [1.82, 2.24) is 4.90 Å². The third-order valence-electron chi connectivity index (χ3n) is 3.96. The van der Waals surface area contributed by atoms with Crippen molar-refractivity contribution in [2.75, 3.05) is 43.9 Å². The SMILES string of the molecule is CC(CCOS(C)(=O)=O)N1CCN(c2ccc(F)cc2)CC1. The molecule has 1 aliphatic heterocycles. The molecule has 0 radical (unpaired) electrons. The van der Waals surface area contributed by atoms with E-state index < -0.39 is 10.1 Å². The van der Waals surface area contributed by atoms with E-state index in [2.05, 4.69) is 16.7 Å². The molecule has 1 unspecified atom stereocenters. The van der Waals surface area contributed by atoms with E-state index in [0.717, 1.165) is 38.1 Å². The summed E-state index contributed by atoms with van der Waals surface area (Å²) in [5, 5.41) is 0. The lowest BCUT2D eigenvalue weighted by Gasteiger charge is -2.39. The molecule has 1 aromatic rings. The molecule has 0 aliphatic carbocycles. The summed E-state index contributed by atoms with van der Waals surface area (Å²) in [6.07, 6.45) is 1.75. The van der Waals surface area contributed by atoms with Gasteiger partial charge in [0.05, 0.1) is 12.9 Å². The number of benzene rings is 1. The van der Waals surface area contributed by atoms with Crippen LogP contribution in [-0.4, -0.2) is 58.4 Å². The van der Waals surface area contributed by atoms with Crippen molar-refractivity contribution in [1.29, 1.82) is 0 Å². The molecule has 0 amide bonds. The maximum absolute atomic E-state index is 12.9. The number of rotatable bonds is 6. The molecule has 1 heterocycles. The first-order valence-corrected chi connectivity index (χ1v) is 9.26. The fourth-order valence-corrected chi connectivity index (χ4v) is 3.02. The number of piperazine rings is 1. The number of halogens is 1. The second-order valence-electron chi connectivity index (χ2n) is 5.66. The molecule has 0 aromatic heterocycles. The van der Waals surface area contributed by atoms with Gasteiger partial charge in [-0.3, -0.25) is 9.08 Å². The molecule has 1 aliphatic rings. The molecule has 1 aromatic carbocycles. The van der Waals surface area contributed by atoms with Crippen molar-refractivity contribution < 1.29 is 17.0 Å². The van der Waals surface area contributed by atoms with Crippen LogP contribution >= 0.6 is 0 Å². The van der Waals surface area contributed by atoms with E-state index in [4.69, 9.17) is 4.18 Å². The Morgan fingerprint density at radius 2 is 1.77 bits per heavy atom. The van der Waals surface area contributed by atoms with Crippen LogP contribution in [0.25, 0.3) is 0 Å². The van der Waals surface area contributed by atoms with Gasteiger partial charge in [-0.25, -0.2) is 4.39 Å². The second-order valence-corrected chi connectivity index (χ2v) is 7.31. The molecular formula is C15H23FN2O3S. The summed E-state index contributed by atoms with van der Waals surface area (Å²) >= 11 is 0. The highest BCUT2D eigenvalue weighted by Gasteiger charge is 2.21. The van der Waals surface area contributed by atoms with Crippen molar-refractivity contribution in [3.05, 3.63) is 30.1 Å². The van der Waals surface area contributed by atoms with Gasteiger partial charge in [-0.15, -0.1) is 0 Å². The summed E-state index contributed by atoms with van der Waals surface area (Å²) in [5.74, 6) is -0.220. The monoisotopic (exact) mass is 330 g/mol. The first-order chi connectivity index (χ1) is 10.3. The molecular weight excluding hydrogens is 307 g/mol. The van der Waals surface area contributed by atoms with E-state index in [1.54, 1.807) is 12.1 Å². The summed E-state index contributed by atoms with van der Waals surface area (Å²) < 4.78 is 39.6. The molecule has 124 valence electrons. The Morgan fingerprint density at radius 3 is 2.32 bits per heavy atom. The molecule has 5 nitrogen and oxygen atoms in total. The molecule has 7 heteroatoms. The smallest absolute Gasteiger partial charge is 0.264 e. The van der Waals surface area contributed by atoms with Crippen LogP contribution in [0.5, 0.6) is 0 Å². The Balaban J connectivity index is 1.77. The Hall–Kier alpha value is -1.18. The van der Waals surface area contributed by atoms with Crippen molar-refractivity contribution in [3.8, 4) is 0 Å². The highest BCUT2D eigenvalue weighted by molar-refractivity contribution is 7.85. The summed E-state index contributed by atoms with van der Waals surface area (Å²) in [6.45, 7) is 5.86. The molecule has 1 atom stereocenters. The minimum absolute atomic E-state index is 0.220. The fourth-order valence-electron chi connectivity index (χ4n) is 2.63. The third-order valence-corrected chi connectivity index (χ3v) is 4.56. The largest absolute Gasteiger partial charge is 0.369 e. The van der Waals surface area contributed by atoms with Gasteiger partial charge < -0.3 is 4.90 Å². The summed E-state index contributed by atoms with van der Waals surface area (Å²) in [4.78, 5) is 4.56. The number of nitrogens with zero attached hydrogens (tertiary/aromatic N) is 2. The average molecular weight is 330 g/mol. The minimum Gasteiger partial charge on any atom is -0.369 e. The van der Waals surface area contributed by atoms with E-state index in [1.165, 1.54) is 12.1 Å². The zero-order valence-corrected chi connectivity index (χ0v) is 13.9. The van der Waals surface area contributed by atoms with Crippen LogP contribution in [-0.2, 0) is 14.3 Å². The molecule has 0 N–H and O–H groups in total. The highest BCUT2D eigenvalue weighted by atomic mass is 32.2. The van der Waals surface area contributed by atoms with Crippen molar-refractivity contribution >= 4 is 15.8 Å². The maximum Gasteiger partial charge on any atom is 0.264 e. The van der Waals surface area contributed by atoms with Gasteiger partial charge in [0.15, 0.2) is 0 Å². The van der Waals surface area contributed by atoms with Crippen LogP contribution in [0.4, 0.5) is 10.1 Å². The van der Waals surface area contributed by atoms with E-state index in [1.807, 2.05) is 0 Å². The molecule has 2 rings (SSSR count). The molecule has 0 bridgehead atoms. The quantitative estimate of drug-likeness (QED) is 0.743. The van der Waals surface area contributed by atoms with E-state index in [9.17, 15) is 12.8 Å². The van der Waals surface area contributed by atoms with Crippen LogP contribution < -0.4 is 4.90 Å². The van der Waals surface area contributed by atoms with Gasteiger partial charge in [0.2, 0.25) is 0 Å². The highest BCUT2D eigenvalue weighted by Crippen LogP contribution is 2.18. The predicted octanol–water partition coefficient (Wildman–Crippen LogP) is 1.70. The van der Waals surface area contributed by atoms with Gasteiger partial charge in [-0.1, -0.05) is 0 Å². The normalized spacial score (nSPS) is 18.4. The Labute approximate surface area is 131 Å². The lowest BCUT2D eigenvalue weighted by atomic mass is 10.1. The number of anilines is 1. The Bertz CT molecular complexity index is 569. The summed E-state index contributed by atoms with van der Waals surface area (Å²) in [7, 11) is -3.36. The van der Waals surface area contributed by atoms with Crippen LogP contribution in [0.15, 0.2) is 24.3 Å². The van der Waals surface area contributed by atoms with Gasteiger partial charge >= 0.3 is 0 Å². The van der Waals surface area contributed by atoms with Gasteiger partial charge in [0, 0.05) is 37.9 Å². The van der Waals surface area contributed by atoms with Crippen LogP contribution in [0.3, 0.4) is 0 Å². The average Bonchev–Trinajstić information content (AvgIpc) is 2.47. The predicted molar refractivity (Wildman–Crippen MR) is 85.1 cm³/mol. The van der Waals surface area contributed by atoms with Gasteiger partial charge in [-0.05, 0) is 37.6 Å². The molecule has 1 saturated heterocycles.